The van der Waals surface area contributed by atoms with Crippen molar-refractivity contribution in [1.29, 1.82) is 0 Å². The van der Waals surface area contributed by atoms with Crippen molar-refractivity contribution in [3.63, 3.8) is 0 Å². The summed E-state index contributed by atoms with van der Waals surface area (Å²) < 4.78 is 0. The molecular formula is C21H27NO3. The van der Waals surface area contributed by atoms with E-state index in [-0.39, 0.29) is 12.4 Å². The van der Waals surface area contributed by atoms with Crippen molar-refractivity contribution < 1.29 is 15.0 Å². The Morgan fingerprint density at radius 2 is 1.80 bits per heavy atom. The summed E-state index contributed by atoms with van der Waals surface area (Å²) in [7, 11) is 0. The maximum absolute atomic E-state index is 10.6. The third kappa shape index (κ3) is 5.07. The Balaban J connectivity index is 2.40. The van der Waals surface area contributed by atoms with E-state index in [1.165, 1.54) is 0 Å². The number of carbonyl (C=O) groups is 1. The fourth-order valence-corrected chi connectivity index (χ4v) is 3.25. The third-order valence-corrected chi connectivity index (χ3v) is 4.30. The maximum Gasteiger partial charge on any atom is 0.120 e. The molecule has 0 aliphatic rings. The maximum atomic E-state index is 10.6. The molecule has 0 aromatic heterocycles. The van der Waals surface area contributed by atoms with Gasteiger partial charge >= 0.3 is 0 Å². The zero-order chi connectivity index (χ0) is 18.2. The smallest absolute Gasteiger partial charge is 0.120 e. The van der Waals surface area contributed by atoms with Crippen LogP contribution in [-0.2, 0) is 11.2 Å². The second kappa shape index (κ2) is 9.23. The number of nitrogens with zero attached hydrogens (tertiary/aromatic N) is 1. The van der Waals surface area contributed by atoms with Crippen LogP contribution >= 0.6 is 0 Å². The first kappa shape index (κ1) is 19.0. The van der Waals surface area contributed by atoms with Gasteiger partial charge in [0.05, 0.1) is 0 Å². The molecule has 2 N–H and O–H groups in total. The van der Waals surface area contributed by atoms with Crippen LogP contribution < -0.4 is 4.90 Å². The van der Waals surface area contributed by atoms with Crippen molar-refractivity contribution in [3.05, 3.63) is 53.1 Å². The Hall–Kier alpha value is -2.33. The van der Waals surface area contributed by atoms with Gasteiger partial charge in [-0.15, -0.1) is 0 Å². The topological polar surface area (TPSA) is 60.8 Å². The Morgan fingerprint density at radius 3 is 2.40 bits per heavy atom. The van der Waals surface area contributed by atoms with Gasteiger partial charge in [-0.2, -0.15) is 0 Å². The van der Waals surface area contributed by atoms with Gasteiger partial charge in [-0.3, -0.25) is 0 Å². The van der Waals surface area contributed by atoms with Crippen LogP contribution in [0.25, 0.3) is 0 Å². The molecule has 2 aromatic rings. The molecule has 2 aromatic carbocycles. The van der Waals surface area contributed by atoms with E-state index in [1.807, 2.05) is 12.1 Å². The van der Waals surface area contributed by atoms with Gasteiger partial charge in [-0.05, 0) is 61.9 Å². The second-order valence-electron chi connectivity index (χ2n) is 6.39. The van der Waals surface area contributed by atoms with Crippen LogP contribution in [0, 0.1) is 13.8 Å². The summed E-state index contributed by atoms with van der Waals surface area (Å²) >= 11 is 0. The minimum absolute atomic E-state index is 0.177. The van der Waals surface area contributed by atoms with E-state index in [1.54, 1.807) is 12.1 Å². The molecule has 0 atom stereocenters. The normalized spacial score (nSPS) is 10.7. The Bertz CT molecular complexity index is 689. The number of anilines is 2. The number of unbranched alkanes of at least 4 members (excludes halogenated alkanes) is 1. The van der Waals surface area contributed by atoms with Crippen molar-refractivity contribution in [2.45, 2.75) is 39.5 Å². The summed E-state index contributed by atoms with van der Waals surface area (Å²) in [5.74, 6) is 0.238. The summed E-state index contributed by atoms with van der Waals surface area (Å²) in [4.78, 5) is 12.8. The van der Waals surface area contributed by atoms with Gasteiger partial charge in [0, 0.05) is 37.0 Å². The molecule has 25 heavy (non-hydrogen) atoms. The highest BCUT2D eigenvalue weighted by atomic mass is 16.3. The van der Waals surface area contributed by atoms with Gasteiger partial charge in [0.25, 0.3) is 0 Å². The van der Waals surface area contributed by atoms with E-state index in [9.17, 15) is 9.90 Å². The first-order chi connectivity index (χ1) is 12.1. The van der Waals surface area contributed by atoms with E-state index in [0.717, 1.165) is 60.2 Å². The van der Waals surface area contributed by atoms with E-state index >= 15 is 0 Å². The Labute approximate surface area is 149 Å². The van der Waals surface area contributed by atoms with E-state index in [2.05, 4.69) is 30.9 Å². The molecule has 2 rings (SSSR count). The minimum Gasteiger partial charge on any atom is -0.508 e. The number of aryl methyl sites for hydroxylation is 3. The quantitative estimate of drug-likeness (QED) is 0.533. The average Bonchev–Trinajstić information content (AvgIpc) is 2.58. The standard InChI is InChI=1S/C21H27NO3/c1-16-13-18(7-6-12-24)14-17(2)21(16)22(10-3-4-11-23)19-8-5-9-20(25)15-19/h5,8-9,12-15,23,25H,3-4,6-7,10-11H2,1-2H3. The highest BCUT2D eigenvalue weighted by Gasteiger charge is 2.15. The number of rotatable bonds is 9. The molecule has 0 fully saturated rings. The van der Waals surface area contributed by atoms with Crippen molar-refractivity contribution >= 4 is 17.7 Å². The fourth-order valence-electron chi connectivity index (χ4n) is 3.25. The number of benzene rings is 2. The van der Waals surface area contributed by atoms with Crippen molar-refractivity contribution in [2.24, 2.45) is 0 Å². The zero-order valence-corrected chi connectivity index (χ0v) is 15.0. The van der Waals surface area contributed by atoms with Crippen molar-refractivity contribution in [1.82, 2.24) is 0 Å². The average molecular weight is 341 g/mol. The van der Waals surface area contributed by atoms with Crippen molar-refractivity contribution in [3.8, 4) is 5.75 Å². The van der Waals surface area contributed by atoms with Gasteiger partial charge in [0.2, 0.25) is 0 Å². The van der Waals surface area contributed by atoms with E-state index in [4.69, 9.17) is 5.11 Å². The van der Waals surface area contributed by atoms with Crippen LogP contribution in [0.15, 0.2) is 36.4 Å². The summed E-state index contributed by atoms with van der Waals surface area (Å²) in [6.07, 6.45) is 3.84. The van der Waals surface area contributed by atoms with Crippen molar-refractivity contribution in [2.75, 3.05) is 18.1 Å². The van der Waals surface area contributed by atoms with Crippen LogP contribution in [0.2, 0.25) is 0 Å². The SMILES string of the molecule is Cc1cc(CCC=O)cc(C)c1N(CCCCO)c1cccc(O)c1. The van der Waals surface area contributed by atoms with Gasteiger partial charge in [-0.1, -0.05) is 18.2 Å². The van der Waals surface area contributed by atoms with Crippen LogP contribution in [0.5, 0.6) is 5.75 Å². The number of phenols is 1. The lowest BCUT2D eigenvalue weighted by Crippen LogP contribution is -2.21. The highest BCUT2D eigenvalue weighted by Crippen LogP contribution is 2.34. The number of aliphatic hydroxyl groups is 1. The molecule has 0 saturated carbocycles. The minimum atomic E-state index is 0.177. The molecule has 0 bridgehead atoms. The first-order valence-electron chi connectivity index (χ1n) is 8.78. The predicted octanol–water partition coefficient (Wildman–Crippen LogP) is 4.05. The number of aromatic hydroxyl groups is 1. The Morgan fingerprint density at radius 1 is 1.08 bits per heavy atom. The monoisotopic (exact) mass is 341 g/mol. The molecule has 134 valence electrons. The summed E-state index contributed by atoms with van der Waals surface area (Å²) in [6, 6.07) is 11.5. The molecule has 4 nitrogen and oxygen atoms in total. The lowest BCUT2D eigenvalue weighted by molar-refractivity contribution is -0.107. The molecule has 4 heteroatoms. The van der Waals surface area contributed by atoms with Crippen LogP contribution in [0.1, 0.15) is 36.0 Å². The van der Waals surface area contributed by atoms with Crippen LogP contribution in [0.3, 0.4) is 0 Å². The molecule has 0 amide bonds. The number of phenolic OH excluding ortho intramolecular Hbond substituents is 1. The number of hydrogen-bond donors (Lipinski definition) is 2. The first-order valence-corrected chi connectivity index (χ1v) is 8.78. The molecule has 0 saturated heterocycles. The van der Waals surface area contributed by atoms with Crippen LogP contribution in [-0.4, -0.2) is 29.7 Å². The van der Waals surface area contributed by atoms with Gasteiger partial charge in [0.15, 0.2) is 0 Å². The lowest BCUT2D eigenvalue weighted by atomic mass is 9.99. The molecule has 0 heterocycles. The van der Waals surface area contributed by atoms with E-state index in [0.29, 0.717) is 6.42 Å². The predicted molar refractivity (Wildman–Crippen MR) is 102 cm³/mol. The lowest BCUT2D eigenvalue weighted by Gasteiger charge is -2.29. The highest BCUT2D eigenvalue weighted by molar-refractivity contribution is 5.71. The Kier molecular flexibility index (Phi) is 7.02. The third-order valence-electron chi connectivity index (χ3n) is 4.30. The summed E-state index contributed by atoms with van der Waals surface area (Å²) in [5, 5.41) is 19.0. The largest absolute Gasteiger partial charge is 0.508 e. The second-order valence-corrected chi connectivity index (χ2v) is 6.39. The molecule has 0 radical (unpaired) electrons. The number of carbonyl (C=O) groups excluding carboxylic acids is 1. The van der Waals surface area contributed by atoms with Gasteiger partial charge in [-0.25, -0.2) is 0 Å². The number of aliphatic hydroxyl groups excluding tert-OH is 1. The van der Waals surface area contributed by atoms with Crippen LogP contribution in [0.4, 0.5) is 11.4 Å². The fraction of sp³-hybridized carbons (Fsp3) is 0.381. The molecular weight excluding hydrogens is 314 g/mol. The number of aldehydes is 1. The van der Waals surface area contributed by atoms with Gasteiger partial charge in [0.1, 0.15) is 12.0 Å². The molecule has 0 aliphatic heterocycles. The zero-order valence-electron chi connectivity index (χ0n) is 15.0. The van der Waals surface area contributed by atoms with E-state index < -0.39 is 0 Å². The molecule has 0 aliphatic carbocycles. The molecule has 0 unspecified atom stereocenters. The summed E-state index contributed by atoms with van der Waals surface area (Å²) in [5.41, 5.74) is 5.52. The summed E-state index contributed by atoms with van der Waals surface area (Å²) in [6.45, 7) is 5.10. The molecule has 0 spiro atoms. The van der Waals surface area contributed by atoms with Gasteiger partial charge < -0.3 is 19.9 Å². The number of hydrogen-bond acceptors (Lipinski definition) is 4.